The Bertz CT molecular complexity index is 565. The van der Waals surface area contributed by atoms with E-state index in [-0.39, 0.29) is 45.8 Å². The SMILES string of the molecule is CC(=O)OCC12C3OC4C5(CCCCCCC351)C42COC(C)=O. The Morgan fingerprint density at radius 3 is 1.70 bits per heavy atom. The van der Waals surface area contributed by atoms with Gasteiger partial charge in [-0.25, -0.2) is 0 Å². The average molecular weight is 320 g/mol. The van der Waals surface area contributed by atoms with Gasteiger partial charge in [-0.2, -0.15) is 0 Å². The van der Waals surface area contributed by atoms with E-state index in [2.05, 4.69) is 0 Å². The van der Waals surface area contributed by atoms with E-state index in [1.165, 1.54) is 52.4 Å². The van der Waals surface area contributed by atoms with Gasteiger partial charge in [-0.15, -0.1) is 0 Å². The summed E-state index contributed by atoms with van der Waals surface area (Å²) >= 11 is 0. The molecule has 4 saturated carbocycles. The van der Waals surface area contributed by atoms with E-state index in [4.69, 9.17) is 14.2 Å². The van der Waals surface area contributed by atoms with E-state index in [1.54, 1.807) is 0 Å². The summed E-state index contributed by atoms with van der Waals surface area (Å²) in [6.07, 6.45) is 7.83. The molecule has 6 atom stereocenters. The lowest BCUT2D eigenvalue weighted by Crippen LogP contribution is -2.51. The van der Waals surface area contributed by atoms with Crippen LogP contribution in [0.3, 0.4) is 0 Å². The molecule has 2 saturated heterocycles. The molecule has 6 unspecified atom stereocenters. The predicted octanol–water partition coefficient (Wildman–Crippen LogP) is 2.22. The molecule has 23 heavy (non-hydrogen) atoms. The second-order valence-corrected chi connectivity index (χ2v) is 8.26. The van der Waals surface area contributed by atoms with Gasteiger partial charge in [0.2, 0.25) is 0 Å². The largest absolute Gasteiger partial charge is 0.465 e. The Morgan fingerprint density at radius 1 is 0.870 bits per heavy atom. The molecule has 0 aromatic heterocycles. The molecule has 2 bridgehead atoms. The molecule has 126 valence electrons. The molecular formula is C18H24O5. The first-order chi connectivity index (χ1) is 11.0. The molecule has 0 N–H and O–H groups in total. The lowest BCUT2D eigenvalue weighted by atomic mass is 9.53. The number of carbonyl (C=O) groups excluding carboxylic acids is 2. The molecule has 0 radical (unpaired) electrons. The molecule has 5 heteroatoms. The van der Waals surface area contributed by atoms with Crippen molar-refractivity contribution in [3.8, 4) is 0 Å². The van der Waals surface area contributed by atoms with Gasteiger partial charge in [0.15, 0.2) is 0 Å². The van der Waals surface area contributed by atoms with Crippen LogP contribution >= 0.6 is 0 Å². The van der Waals surface area contributed by atoms with Crippen LogP contribution in [0.2, 0.25) is 0 Å². The van der Waals surface area contributed by atoms with Crippen molar-refractivity contribution < 1.29 is 23.8 Å². The van der Waals surface area contributed by atoms with Gasteiger partial charge >= 0.3 is 11.9 Å². The summed E-state index contributed by atoms with van der Waals surface area (Å²) in [7, 11) is 0. The smallest absolute Gasteiger partial charge is 0.302 e. The summed E-state index contributed by atoms with van der Waals surface area (Å²) in [6, 6.07) is 0. The fourth-order valence-electron chi connectivity index (χ4n) is 7.60. The van der Waals surface area contributed by atoms with E-state index in [0.29, 0.717) is 13.2 Å². The highest BCUT2D eigenvalue weighted by Gasteiger charge is 3.19. The fourth-order valence-corrected chi connectivity index (χ4v) is 7.60. The molecule has 2 aliphatic heterocycles. The number of carbonyl (C=O) groups is 2. The molecule has 2 heterocycles. The lowest BCUT2D eigenvalue weighted by Gasteiger charge is -2.49. The highest BCUT2D eigenvalue weighted by molar-refractivity contribution is 5.69. The van der Waals surface area contributed by atoms with Crippen molar-refractivity contribution in [3.05, 3.63) is 0 Å². The first-order valence-electron chi connectivity index (χ1n) is 8.93. The van der Waals surface area contributed by atoms with Crippen molar-refractivity contribution >= 4 is 11.9 Å². The standard InChI is InChI=1S/C18H24O5/c1-11(19)21-9-17-13-15(17)7-5-3-4-6-8-16(15)14(23-13)18(16,17)10-22-12(2)20/h13-14H,3-10H2,1-2H3. The molecule has 5 nitrogen and oxygen atoms in total. The van der Waals surface area contributed by atoms with Gasteiger partial charge in [0.25, 0.3) is 0 Å². The van der Waals surface area contributed by atoms with E-state index in [1.807, 2.05) is 0 Å². The Kier molecular flexibility index (Phi) is 2.44. The predicted molar refractivity (Wildman–Crippen MR) is 79.4 cm³/mol. The minimum atomic E-state index is -0.231. The van der Waals surface area contributed by atoms with Crippen molar-refractivity contribution in [1.82, 2.24) is 0 Å². The van der Waals surface area contributed by atoms with Gasteiger partial charge in [0.1, 0.15) is 13.2 Å². The Hall–Kier alpha value is -1.10. The third-order valence-electron chi connectivity index (χ3n) is 7.98. The zero-order chi connectivity index (χ0) is 16.1. The maximum absolute atomic E-state index is 11.4. The van der Waals surface area contributed by atoms with Gasteiger partial charge in [-0.3, -0.25) is 9.59 Å². The first-order valence-corrected chi connectivity index (χ1v) is 8.93. The van der Waals surface area contributed by atoms with Crippen molar-refractivity contribution in [1.29, 1.82) is 0 Å². The van der Waals surface area contributed by atoms with Crippen molar-refractivity contribution in [3.63, 3.8) is 0 Å². The van der Waals surface area contributed by atoms with E-state index in [0.717, 1.165) is 0 Å². The average Bonchev–Trinajstić information content (AvgIpc) is 3.10. The van der Waals surface area contributed by atoms with Crippen LogP contribution in [0, 0.1) is 21.7 Å². The van der Waals surface area contributed by atoms with Crippen LogP contribution in [0.4, 0.5) is 0 Å². The molecular weight excluding hydrogens is 296 g/mol. The van der Waals surface area contributed by atoms with Crippen LogP contribution in [-0.4, -0.2) is 37.4 Å². The summed E-state index contributed by atoms with van der Waals surface area (Å²) in [5, 5.41) is 0. The van der Waals surface area contributed by atoms with E-state index >= 15 is 0 Å². The fraction of sp³-hybridized carbons (Fsp3) is 0.889. The Balaban J connectivity index is 1.51. The van der Waals surface area contributed by atoms with Crippen LogP contribution in [-0.2, 0) is 23.8 Å². The number of esters is 2. The van der Waals surface area contributed by atoms with Crippen molar-refractivity contribution in [2.24, 2.45) is 21.7 Å². The second kappa shape index (κ2) is 3.93. The number of hydrogen-bond acceptors (Lipinski definition) is 5. The summed E-state index contributed by atoms with van der Waals surface area (Å²) in [5.41, 5.74) is 0.230. The van der Waals surface area contributed by atoms with Gasteiger partial charge in [-0.1, -0.05) is 25.7 Å². The number of ether oxygens (including phenoxy) is 3. The van der Waals surface area contributed by atoms with Crippen LogP contribution in [0.15, 0.2) is 0 Å². The normalized spacial score (nSPS) is 53.8. The van der Waals surface area contributed by atoms with Gasteiger partial charge < -0.3 is 14.2 Å². The number of rotatable bonds is 4. The Labute approximate surface area is 136 Å². The van der Waals surface area contributed by atoms with E-state index in [9.17, 15) is 9.59 Å². The van der Waals surface area contributed by atoms with E-state index < -0.39 is 0 Å². The zero-order valence-electron chi connectivity index (χ0n) is 13.9. The third-order valence-corrected chi connectivity index (χ3v) is 7.98. The van der Waals surface area contributed by atoms with Gasteiger partial charge in [-0.05, 0) is 12.8 Å². The Morgan fingerprint density at radius 2 is 1.30 bits per heavy atom. The van der Waals surface area contributed by atoms with Crippen molar-refractivity contribution in [2.75, 3.05) is 13.2 Å². The van der Waals surface area contributed by atoms with Crippen molar-refractivity contribution in [2.45, 2.75) is 64.6 Å². The zero-order valence-corrected chi connectivity index (χ0v) is 13.9. The second-order valence-electron chi connectivity index (χ2n) is 8.26. The maximum Gasteiger partial charge on any atom is 0.302 e. The molecule has 6 aliphatic rings. The quantitative estimate of drug-likeness (QED) is 0.743. The minimum Gasteiger partial charge on any atom is -0.465 e. The maximum atomic E-state index is 11.4. The monoisotopic (exact) mass is 320 g/mol. The van der Waals surface area contributed by atoms with Crippen LogP contribution in [0.1, 0.15) is 52.4 Å². The summed E-state index contributed by atoms with van der Waals surface area (Å²) in [4.78, 5) is 22.8. The highest BCUT2D eigenvalue weighted by Crippen LogP contribution is 3.12. The summed E-state index contributed by atoms with van der Waals surface area (Å²) in [6.45, 7) is 3.80. The summed E-state index contributed by atoms with van der Waals surface area (Å²) < 4.78 is 17.3. The summed E-state index contributed by atoms with van der Waals surface area (Å²) in [5.74, 6) is -0.462. The molecule has 0 amide bonds. The molecule has 4 aliphatic carbocycles. The molecule has 2 spiro atoms. The first kappa shape index (κ1) is 14.3. The lowest BCUT2D eigenvalue weighted by molar-refractivity contribution is -0.162. The topological polar surface area (TPSA) is 61.8 Å². The minimum absolute atomic E-state index is 0.0802. The van der Waals surface area contributed by atoms with Gasteiger partial charge in [0.05, 0.1) is 23.0 Å². The van der Waals surface area contributed by atoms with Crippen LogP contribution < -0.4 is 0 Å². The van der Waals surface area contributed by atoms with Crippen LogP contribution in [0.5, 0.6) is 0 Å². The molecule has 0 aromatic carbocycles. The molecule has 6 rings (SSSR count). The van der Waals surface area contributed by atoms with Gasteiger partial charge in [0, 0.05) is 24.7 Å². The van der Waals surface area contributed by atoms with Crippen LogP contribution in [0.25, 0.3) is 0 Å². The number of hydrogen-bond donors (Lipinski definition) is 0. The highest BCUT2D eigenvalue weighted by atomic mass is 16.6. The third kappa shape index (κ3) is 1.11. The molecule has 0 aromatic rings. The molecule has 6 fully saturated rings.